The lowest BCUT2D eigenvalue weighted by molar-refractivity contribution is -0.390. The van der Waals surface area contributed by atoms with Gasteiger partial charge in [-0.2, -0.15) is 0 Å². The van der Waals surface area contributed by atoms with Gasteiger partial charge in [-0.3, -0.25) is 4.79 Å². The van der Waals surface area contributed by atoms with Crippen LogP contribution in [0.25, 0.3) is 0 Å². The molecule has 2 aromatic rings. The lowest BCUT2D eigenvalue weighted by Gasteiger charge is -2.13. The summed E-state index contributed by atoms with van der Waals surface area (Å²) in [6.45, 7) is -0.503. The summed E-state index contributed by atoms with van der Waals surface area (Å²) in [6, 6.07) is 8.47. The van der Waals surface area contributed by atoms with Crippen LogP contribution in [0.1, 0.15) is 0 Å². The van der Waals surface area contributed by atoms with Crippen molar-refractivity contribution in [3.63, 3.8) is 0 Å². The van der Waals surface area contributed by atoms with E-state index in [0.29, 0.717) is 0 Å². The maximum absolute atomic E-state index is 12.1. The van der Waals surface area contributed by atoms with Gasteiger partial charge >= 0.3 is 5.82 Å². The molecule has 11 heteroatoms. The van der Waals surface area contributed by atoms with Gasteiger partial charge in [-0.1, -0.05) is 6.07 Å². The molecule has 26 heavy (non-hydrogen) atoms. The number of nitro groups is 1. The smallest absolute Gasteiger partial charge is 0.406 e. The van der Waals surface area contributed by atoms with Gasteiger partial charge in [0.2, 0.25) is 15.8 Å². The summed E-state index contributed by atoms with van der Waals surface area (Å²) in [5.74, 6) is -1.25. The van der Waals surface area contributed by atoms with E-state index in [0.717, 1.165) is 4.31 Å². The van der Waals surface area contributed by atoms with Crippen LogP contribution in [0.4, 0.5) is 11.5 Å². The molecule has 1 N–H and O–H groups in total. The van der Waals surface area contributed by atoms with Crippen LogP contribution in [0.2, 0.25) is 0 Å². The van der Waals surface area contributed by atoms with Gasteiger partial charge in [0, 0.05) is 19.8 Å². The molecular weight excluding hydrogens is 364 g/mol. The van der Waals surface area contributed by atoms with Crippen LogP contribution >= 0.6 is 0 Å². The third kappa shape index (κ3) is 4.52. The van der Waals surface area contributed by atoms with Crippen molar-refractivity contribution >= 4 is 27.4 Å². The Morgan fingerprint density at radius 3 is 2.69 bits per heavy atom. The van der Waals surface area contributed by atoms with Gasteiger partial charge in [0.25, 0.3) is 5.91 Å². The molecule has 0 atom stereocenters. The van der Waals surface area contributed by atoms with Crippen molar-refractivity contribution < 1.29 is 22.9 Å². The van der Waals surface area contributed by atoms with Gasteiger partial charge in [-0.05, 0) is 40.2 Å². The molecule has 0 aliphatic rings. The van der Waals surface area contributed by atoms with Crippen LogP contribution < -0.4 is 10.1 Å². The maximum Gasteiger partial charge on any atom is 0.406 e. The van der Waals surface area contributed by atoms with Gasteiger partial charge < -0.3 is 20.2 Å². The largest absolute Gasteiger partial charge is 0.476 e. The molecule has 0 saturated heterocycles. The van der Waals surface area contributed by atoms with Crippen LogP contribution in [0.15, 0.2) is 47.5 Å². The van der Waals surface area contributed by atoms with E-state index in [4.69, 9.17) is 4.74 Å². The normalized spacial score (nSPS) is 11.2. The number of nitrogens with one attached hydrogen (secondary N) is 1. The van der Waals surface area contributed by atoms with E-state index in [9.17, 15) is 23.3 Å². The van der Waals surface area contributed by atoms with Crippen LogP contribution in [-0.2, 0) is 14.8 Å². The van der Waals surface area contributed by atoms with Crippen LogP contribution in [0.3, 0.4) is 0 Å². The molecule has 1 heterocycles. The molecule has 0 unspecified atom stereocenters. The topological polar surface area (TPSA) is 132 Å². The number of hydrogen-bond donors (Lipinski definition) is 1. The molecular formula is C15H16N4O6S. The second-order valence-electron chi connectivity index (χ2n) is 5.23. The minimum absolute atomic E-state index is 0.0177. The Hall–Kier alpha value is -3.05. The zero-order valence-corrected chi connectivity index (χ0v) is 14.8. The van der Waals surface area contributed by atoms with Gasteiger partial charge in [0.15, 0.2) is 6.61 Å². The third-order valence-corrected chi connectivity index (χ3v) is 4.99. The molecule has 0 aliphatic carbocycles. The minimum atomic E-state index is -3.64. The summed E-state index contributed by atoms with van der Waals surface area (Å²) in [6.07, 6.45) is 1.24. The Bertz CT molecular complexity index is 929. The SMILES string of the molecule is CN(C)S(=O)(=O)c1cccc(NC(=O)COc2cccnc2[N+](=O)[O-])c1. The second kappa shape index (κ2) is 7.89. The van der Waals surface area contributed by atoms with Crippen molar-refractivity contribution in [3.05, 3.63) is 52.7 Å². The monoisotopic (exact) mass is 380 g/mol. The second-order valence-corrected chi connectivity index (χ2v) is 7.39. The number of ether oxygens (including phenoxy) is 1. The lowest BCUT2D eigenvalue weighted by Crippen LogP contribution is -2.23. The summed E-state index contributed by atoms with van der Waals surface area (Å²) in [5, 5.41) is 13.3. The predicted molar refractivity (Wildman–Crippen MR) is 92.3 cm³/mol. The van der Waals surface area contributed by atoms with E-state index in [2.05, 4.69) is 10.3 Å². The molecule has 1 aromatic carbocycles. The number of benzene rings is 1. The molecule has 0 saturated carbocycles. The first-order valence-corrected chi connectivity index (χ1v) is 8.70. The molecule has 0 aliphatic heterocycles. The van der Waals surface area contributed by atoms with E-state index in [1.807, 2.05) is 0 Å². The Morgan fingerprint density at radius 1 is 1.31 bits per heavy atom. The van der Waals surface area contributed by atoms with E-state index >= 15 is 0 Å². The predicted octanol–water partition coefficient (Wildman–Crippen LogP) is 1.26. The van der Waals surface area contributed by atoms with Gasteiger partial charge in [0.05, 0.1) is 4.90 Å². The minimum Gasteiger partial charge on any atom is -0.476 e. The van der Waals surface area contributed by atoms with Crippen molar-refractivity contribution in [3.8, 4) is 5.75 Å². The van der Waals surface area contributed by atoms with E-state index in [-0.39, 0.29) is 16.3 Å². The zero-order valence-electron chi connectivity index (χ0n) is 13.9. The van der Waals surface area contributed by atoms with E-state index in [1.54, 1.807) is 0 Å². The number of anilines is 1. The number of carbonyl (C=O) groups excluding carboxylic acids is 1. The first kappa shape index (κ1) is 19.3. The van der Waals surface area contributed by atoms with Crippen LogP contribution in [0, 0.1) is 10.1 Å². The quantitative estimate of drug-likeness (QED) is 0.565. The number of aromatic nitrogens is 1. The summed E-state index contributed by atoms with van der Waals surface area (Å²) >= 11 is 0. The van der Waals surface area contributed by atoms with Gasteiger partial charge in [-0.25, -0.2) is 12.7 Å². The van der Waals surface area contributed by atoms with Crippen molar-refractivity contribution in [2.24, 2.45) is 0 Å². The average Bonchev–Trinajstić information content (AvgIpc) is 2.60. The zero-order chi connectivity index (χ0) is 19.3. The number of nitrogens with zero attached hydrogens (tertiary/aromatic N) is 3. The van der Waals surface area contributed by atoms with Crippen molar-refractivity contribution in [2.45, 2.75) is 4.90 Å². The molecule has 1 aromatic heterocycles. The first-order chi connectivity index (χ1) is 12.2. The van der Waals surface area contributed by atoms with Crippen molar-refractivity contribution in [1.82, 2.24) is 9.29 Å². The first-order valence-electron chi connectivity index (χ1n) is 7.26. The molecule has 2 rings (SSSR count). The maximum atomic E-state index is 12.1. The Balaban J connectivity index is 2.07. The molecule has 0 spiro atoms. The lowest BCUT2D eigenvalue weighted by atomic mass is 10.3. The number of pyridine rings is 1. The Labute approximate surface area is 149 Å². The molecule has 10 nitrogen and oxygen atoms in total. The van der Waals surface area contributed by atoms with Crippen LogP contribution in [0.5, 0.6) is 5.75 Å². The number of rotatable bonds is 7. The number of sulfonamides is 1. The fourth-order valence-corrected chi connectivity index (χ4v) is 2.87. The summed E-state index contributed by atoms with van der Waals surface area (Å²) < 4.78 is 30.4. The standard InChI is InChI=1S/C15H16N4O6S/c1-18(2)26(23,24)12-6-3-5-11(9-12)17-14(20)10-25-13-7-4-8-16-15(13)19(21)22/h3-9H,10H2,1-2H3,(H,17,20). The summed E-state index contributed by atoms with van der Waals surface area (Å²) in [4.78, 5) is 25.7. The Morgan fingerprint density at radius 2 is 2.04 bits per heavy atom. The van der Waals surface area contributed by atoms with Gasteiger partial charge in [0.1, 0.15) is 6.20 Å². The number of carbonyl (C=O) groups is 1. The molecule has 0 radical (unpaired) electrons. The van der Waals surface area contributed by atoms with Crippen LogP contribution in [-0.4, -0.2) is 49.2 Å². The fraction of sp³-hybridized carbons (Fsp3) is 0.200. The molecule has 138 valence electrons. The third-order valence-electron chi connectivity index (χ3n) is 3.18. The highest BCUT2D eigenvalue weighted by atomic mass is 32.2. The number of hydrogen-bond acceptors (Lipinski definition) is 7. The highest BCUT2D eigenvalue weighted by Gasteiger charge is 2.19. The summed E-state index contributed by atoms with van der Waals surface area (Å²) in [5.41, 5.74) is 0.252. The van der Waals surface area contributed by atoms with E-state index < -0.39 is 33.3 Å². The number of amides is 1. The van der Waals surface area contributed by atoms with E-state index in [1.165, 1.54) is 56.7 Å². The molecule has 0 bridgehead atoms. The molecule has 1 amide bonds. The Kier molecular flexibility index (Phi) is 5.85. The average molecular weight is 380 g/mol. The highest BCUT2D eigenvalue weighted by molar-refractivity contribution is 7.89. The summed E-state index contributed by atoms with van der Waals surface area (Å²) in [7, 11) is -0.842. The van der Waals surface area contributed by atoms with Crippen molar-refractivity contribution in [2.75, 3.05) is 26.0 Å². The highest BCUT2D eigenvalue weighted by Crippen LogP contribution is 2.23. The fourth-order valence-electron chi connectivity index (χ4n) is 1.92. The molecule has 0 fully saturated rings. The van der Waals surface area contributed by atoms with Crippen molar-refractivity contribution in [1.29, 1.82) is 0 Å². The van der Waals surface area contributed by atoms with Gasteiger partial charge in [-0.15, -0.1) is 0 Å².